The molecule has 1 aliphatic rings. The molecule has 0 N–H and O–H groups in total. The van der Waals surface area contributed by atoms with Crippen LogP contribution in [0.25, 0.3) is 0 Å². The molecular weight excluding hydrogens is 228 g/mol. The maximum Gasteiger partial charge on any atom is 0.338 e. The third kappa shape index (κ3) is 4.97. The van der Waals surface area contributed by atoms with E-state index in [-0.39, 0.29) is 17.7 Å². The molecule has 0 aromatic carbocycles. The van der Waals surface area contributed by atoms with E-state index in [0.717, 1.165) is 12.8 Å². The number of epoxide rings is 1. The van der Waals surface area contributed by atoms with E-state index in [2.05, 4.69) is 6.92 Å². The predicted molar refractivity (Wildman–Crippen MR) is 72.5 cm³/mol. The molecule has 0 radical (unpaired) electrons. The summed E-state index contributed by atoms with van der Waals surface area (Å²) in [5.74, 6) is -0.192. The van der Waals surface area contributed by atoms with Gasteiger partial charge in [0.2, 0.25) is 0 Å². The summed E-state index contributed by atoms with van der Waals surface area (Å²) in [7, 11) is 0. The SMILES string of the molecule is CCCCCCCCC[C@@]1(C)O[C@@H]1C(=O)OCC. The van der Waals surface area contributed by atoms with Gasteiger partial charge in [0.15, 0.2) is 6.10 Å². The second-order valence-electron chi connectivity index (χ2n) is 5.43. The fourth-order valence-electron chi connectivity index (χ4n) is 2.37. The van der Waals surface area contributed by atoms with Crippen molar-refractivity contribution < 1.29 is 14.3 Å². The quantitative estimate of drug-likeness (QED) is 0.338. The zero-order valence-corrected chi connectivity index (χ0v) is 12.2. The molecule has 106 valence electrons. The van der Waals surface area contributed by atoms with E-state index in [1.165, 1.54) is 38.5 Å². The van der Waals surface area contributed by atoms with Crippen molar-refractivity contribution >= 4 is 5.97 Å². The number of unbranched alkanes of at least 4 members (excludes halogenated alkanes) is 6. The van der Waals surface area contributed by atoms with Gasteiger partial charge >= 0.3 is 5.97 Å². The topological polar surface area (TPSA) is 38.8 Å². The van der Waals surface area contributed by atoms with Crippen molar-refractivity contribution in [1.82, 2.24) is 0 Å². The zero-order valence-electron chi connectivity index (χ0n) is 12.2. The Bertz CT molecular complexity index is 252. The monoisotopic (exact) mass is 256 g/mol. The number of hydrogen-bond acceptors (Lipinski definition) is 3. The number of ether oxygens (including phenoxy) is 2. The van der Waals surface area contributed by atoms with Crippen LogP contribution < -0.4 is 0 Å². The average Bonchev–Trinajstić information content (AvgIpc) is 3.01. The van der Waals surface area contributed by atoms with Gasteiger partial charge in [0, 0.05) is 0 Å². The van der Waals surface area contributed by atoms with Crippen molar-refractivity contribution in [3.05, 3.63) is 0 Å². The largest absolute Gasteiger partial charge is 0.464 e. The van der Waals surface area contributed by atoms with Crippen molar-refractivity contribution in [3.8, 4) is 0 Å². The van der Waals surface area contributed by atoms with Crippen LogP contribution in [-0.4, -0.2) is 24.3 Å². The molecule has 3 nitrogen and oxygen atoms in total. The van der Waals surface area contributed by atoms with Gasteiger partial charge in [-0.25, -0.2) is 4.79 Å². The highest BCUT2D eigenvalue weighted by molar-refractivity contribution is 5.79. The van der Waals surface area contributed by atoms with Crippen molar-refractivity contribution in [2.45, 2.75) is 83.8 Å². The lowest BCUT2D eigenvalue weighted by Crippen LogP contribution is -2.20. The first kappa shape index (κ1) is 15.5. The highest BCUT2D eigenvalue weighted by atomic mass is 16.7. The highest BCUT2D eigenvalue weighted by Crippen LogP contribution is 2.41. The van der Waals surface area contributed by atoms with Gasteiger partial charge < -0.3 is 9.47 Å². The second kappa shape index (κ2) is 7.78. The Morgan fingerprint density at radius 3 is 2.33 bits per heavy atom. The van der Waals surface area contributed by atoms with Crippen LogP contribution in [0, 0.1) is 0 Å². The third-order valence-electron chi connectivity index (χ3n) is 3.66. The van der Waals surface area contributed by atoms with Gasteiger partial charge in [0.1, 0.15) is 5.60 Å². The lowest BCUT2D eigenvalue weighted by molar-refractivity contribution is -0.144. The van der Waals surface area contributed by atoms with Gasteiger partial charge in [-0.3, -0.25) is 0 Å². The fourth-order valence-corrected chi connectivity index (χ4v) is 2.37. The maximum atomic E-state index is 11.5. The van der Waals surface area contributed by atoms with Crippen LogP contribution in [0.3, 0.4) is 0 Å². The third-order valence-corrected chi connectivity index (χ3v) is 3.66. The summed E-state index contributed by atoms with van der Waals surface area (Å²) in [4.78, 5) is 11.5. The van der Waals surface area contributed by atoms with Crippen molar-refractivity contribution in [3.63, 3.8) is 0 Å². The van der Waals surface area contributed by atoms with Gasteiger partial charge in [0.25, 0.3) is 0 Å². The minimum absolute atomic E-state index is 0.192. The fraction of sp³-hybridized carbons (Fsp3) is 0.933. The summed E-state index contributed by atoms with van der Waals surface area (Å²) in [5, 5.41) is 0. The first-order valence-corrected chi connectivity index (χ1v) is 7.48. The van der Waals surface area contributed by atoms with Gasteiger partial charge in [-0.05, 0) is 20.3 Å². The summed E-state index contributed by atoms with van der Waals surface area (Å²) in [6.07, 6.45) is 9.72. The molecule has 1 saturated heterocycles. The standard InChI is InChI=1S/C15H28O3/c1-4-6-7-8-9-10-11-12-15(3)13(18-15)14(16)17-5-2/h13H,4-12H2,1-3H3/t13-,15-/m1/s1. The summed E-state index contributed by atoms with van der Waals surface area (Å²) in [5.41, 5.74) is -0.240. The van der Waals surface area contributed by atoms with Crippen LogP contribution in [0.5, 0.6) is 0 Å². The van der Waals surface area contributed by atoms with E-state index in [0.29, 0.717) is 6.61 Å². The Hall–Kier alpha value is -0.570. The molecule has 0 unspecified atom stereocenters. The normalized spacial score (nSPS) is 26.1. The lowest BCUT2D eigenvalue weighted by atomic mass is 9.98. The number of esters is 1. The molecule has 0 aromatic rings. The van der Waals surface area contributed by atoms with E-state index >= 15 is 0 Å². The first-order chi connectivity index (χ1) is 8.64. The zero-order chi connectivity index (χ0) is 13.4. The molecule has 1 aliphatic heterocycles. The molecule has 1 rings (SSSR count). The molecule has 1 fully saturated rings. The van der Waals surface area contributed by atoms with E-state index in [1.54, 1.807) is 0 Å². The average molecular weight is 256 g/mol. The lowest BCUT2D eigenvalue weighted by Gasteiger charge is -2.06. The van der Waals surface area contributed by atoms with Gasteiger partial charge in [-0.1, -0.05) is 51.9 Å². The number of carbonyl (C=O) groups is 1. The van der Waals surface area contributed by atoms with Crippen molar-refractivity contribution in [2.24, 2.45) is 0 Å². The van der Waals surface area contributed by atoms with E-state index in [1.807, 2.05) is 13.8 Å². The van der Waals surface area contributed by atoms with Crippen LogP contribution in [0.15, 0.2) is 0 Å². The molecule has 0 bridgehead atoms. The Morgan fingerprint density at radius 2 is 1.72 bits per heavy atom. The van der Waals surface area contributed by atoms with E-state index in [9.17, 15) is 4.79 Å². The van der Waals surface area contributed by atoms with Crippen LogP contribution in [0.4, 0.5) is 0 Å². The van der Waals surface area contributed by atoms with Crippen LogP contribution in [-0.2, 0) is 14.3 Å². The van der Waals surface area contributed by atoms with Crippen LogP contribution >= 0.6 is 0 Å². The molecule has 0 aliphatic carbocycles. The summed E-state index contributed by atoms with van der Waals surface area (Å²) >= 11 is 0. The minimum atomic E-state index is -0.308. The predicted octanol–water partition coefficient (Wildman–Crippen LogP) is 3.85. The van der Waals surface area contributed by atoms with Crippen LogP contribution in [0.1, 0.15) is 72.1 Å². The summed E-state index contributed by atoms with van der Waals surface area (Å²) in [6.45, 7) is 6.52. The number of rotatable bonds is 10. The van der Waals surface area contributed by atoms with Gasteiger partial charge in [-0.15, -0.1) is 0 Å². The highest BCUT2D eigenvalue weighted by Gasteiger charge is 2.57. The summed E-state index contributed by atoms with van der Waals surface area (Å²) in [6, 6.07) is 0. The number of carbonyl (C=O) groups excluding carboxylic acids is 1. The van der Waals surface area contributed by atoms with E-state index < -0.39 is 0 Å². The molecule has 0 saturated carbocycles. The van der Waals surface area contributed by atoms with Gasteiger partial charge in [0.05, 0.1) is 6.61 Å². The second-order valence-corrected chi connectivity index (χ2v) is 5.43. The number of hydrogen-bond donors (Lipinski definition) is 0. The summed E-state index contributed by atoms with van der Waals surface area (Å²) < 4.78 is 10.5. The van der Waals surface area contributed by atoms with Crippen molar-refractivity contribution in [2.75, 3.05) is 6.61 Å². The Kier molecular flexibility index (Phi) is 6.69. The Labute approximate surface area is 111 Å². The van der Waals surface area contributed by atoms with E-state index in [4.69, 9.17) is 9.47 Å². The molecule has 18 heavy (non-hydrogen) atoms. The molecule has 0 spiro atoms. The van der Waals surface area contributed by atoms with Gasteiger partial charge in [-0.2, -0.15) is 0 Å². The molecule has 0 aromatic heterocycles. The molecule has 2 atom stereocenters. The minimum Gasteiger partial charge on any atom is -0.464 e. The van der Waals surface area contributed by atoms with Crippen LogP contribution in [0.2, 0.25) is 0 Å². The molecular formula is C15H28O3. The Balaban J connectivity index is 2.01. The first-order valence-electron chi connectivity index (χ1n) is 7.48. The molecule has 3 heteroatoms. The Morgan fingerprint density at radius 1 is 1.11 bits per heavy atom. The molecule has 1 heterocycles. The smallest absolute Gasteiger partial charge is 0.338 e. The maximum absolute atomic E-state index is 11.5. The molecule has 0 amide bonds. The van der Waals surface area contributed by atoms with Crippen molar-refractivity contribution in [1.29, 1.82) is 0 Å².